The first-order valence-corrected chi connectivity index (χ1v) is 9.37. The van der Waals surface area contributed by atoms with Gasteiger partial charge < -0.3 is 0 Å². The zero-order valence-corrected chi connectivity index (χ0v) is 16.2. The van der Waals surface area contributed by atoms with Crippen molar-refractivity contribution in [2.45, 2.75) is 40.5 Å². The molecule has 2 nitrogen and oxygen atoms in total. The van der Waals surface area contributed by atoms with Crippen molar-refractivity contribution in [3.8, 4) is 0 Å². The van der Waals surface area contributed by atoms with Gasteiger partial charge in [-0.15, -0.1) is 0 Å². The molecule has 0 bridgehead atoms. The van der Waals surface area contributed by atoms with E-state index in [1.54, 1.807) is 36.4 Å². The van der Waals surface area contributed by atoms with Crippen molar-refractivity contribution in [3.05, 3.63) is 95.1 Å². The van der Waals surface area contributed by atoms with Crippen molar-refractivity contribution < 1.29 is 9.59 Å². The smallest absolute Gasteiger partial charge is 0.193 e. The van der Waals surface area contributed by atoms with Crippen molar-refractivity contribution in [3.63, 3.8) is 0 Å². The minimum Gasteiger partial charge on any atom is -0.289 e. The summed E-state index contributed by atoms with van der Waals surface area (Å²) in [4.78, 5) is 24.7. The second-order valence-corrected chi connectivity index (χ2v) is 5.24. The van der Waals surface area contributed by atoms with Crippen LogP contribution in [0.4, 0.5) is 0 Å². The Balaban J connectivity index is 0.000000791. The number of ketones is 2. The largest absolute Gasteiger partial charge is 0.289 e. The summed E-state index contributed by atoms with van der Waals surface area (Å²) in [7, 11) is 0. The van der Waals surface area contributed by atoms with Crippen molar-refractivity contribution >= 4 is 11.6 Å². The highest BCUT2D eigenvalue weighted by Crippen LogP contribution is 2.17. The molecule has 0 heterocycles. The van der Waals surface area contributed by atoms with Gasteiger partial charge in [0, 0.05) is 22.3 Å². The summed E-state index contributed by atoms with van der Waals surface area (Å²) < 4.78 is 0. The summed E-state index contributed by atoms with van der Waals surface area (Å²) >= 11 is 0. The van der Waals surface area contributed by atoms with E-state index in [-0.39, 0.29) is 11.6 Å². The fourth-order valence-electron chi connectivity index (χ4n) is 2.48. The van der Waals surface area contributed by atoms with Crippen LogP contribution in [0.2, 0.25) is 0 Å². The number of allylic oxidation sites excluding steroid dienone is 4. The Hall–Kier alpha value is -2.74. The van der Waals surface area contributed by atoms with Crippen molar-refractivity contribution in [2.75, 3.05) is 0 Å². The van der Waals surface area contributed by atoms with Crippen LogP contribution in [0.3, 0.4) is 0 Å². The molecule has 0 spiro atoms. The van der Waals surface area contributed by atoms with Gasteiger partial charge in [-0.2, -0.15) is 0 Å². The Bertz CT molecular complexity index is 751. The van der Waals surface area contributed by atoms with Crippen molar-refractivity contribution in [1.82, 2.24) is 0 Å². The first-order chi connectivity index (χ1) is 12.8. The molecule has 0 saturated carbocycles. The number of rotatable bonds is 4. The Morgan fingerprint density at radius 1 is 0.654 bits per heavy atom. The van der Waals surface area contributed by atoms with Crippen LogP contribution in [0, 0.1) is 0 Å². The zero-order chi connectivity index (χ0) is 19.4. The molecule has 0 aromatic heterocycles. The molecule has 0 amide bonds. The van der Waals surface area contributed by atoms with Crippen molar-refractivity contribution in [1.29, 1.82) is 0 Å². The minimum absolute atomic E-state index is 0.00894. The molecule has 2 aromatic carbocycles. The number of hydrogen-bond donors (Lipinski definition) is 0. The summed E-state index contributed by atoms with van der Waals surface area (Å²) in [5.41, 5.74) is 2.59. The van der Waals surface area contributed by atoms with Crippen LogP contribution in [0.15, 0.2) is 78.4 Å². The van der Waals surface area contributed by atoms with Gasteiger partial charge in [-0.1, -0.05) is 101 Å². The highest BCUT2D eigenvalue weighted by atomic mass is 16.1. The number of hydrogen-bond acceptors (Lipinski definition) is 2. The van der Waals surface area contributed by atoms with Crippen molar-refractivity contribution in [2.24, 2.45) is 0 Å². The monoisotopic (exact) mass is 348 g/mol. The average Bonchev–Trinajstić information content (AvgIpc) is 2.77. The van der Waals surface area contributed by atoms with Crippen LogP contribution >= 0.6 is 0 Å². The maximum absolute atomic E-state index is 12.3. The van der Waals surface area contributed by atoms with Gasteiger partial charge >= 0.3 is 0 Å². The predicted octanol–water partition coefficient (Wildman–Crippen LogP) is 6.43. The summed E-state index contributed by atoms with van der Waals surface area (Å²) in [6, 6.07) is 16.0. The number of carbonyl (C=O) groups excluding carboxylic acids is 2. The second-order valence-electron chi connectivity index (χ2n) is 5.24. The van der Waals surface area contributed by atoms with E-state index in [0.717, 1.165) is 18.4 Å². The molecule has 0 aliphatic heterocycles. The summed E-state index contributed by atoms with van der Waals surface area (Å²) in [6.45, 7) is 8.00. The van der Waals surface area contributed by atoms with Crippen LogP contribution in [0.25, 0.3) is 0 Å². The molecule has 0 saturated heterocycles. The lowest BCUT2D eigenvalue weighted by atomic mass is 9.96. The topological polar surface area (TPSA) is 34.1 Å². The van der Waals surface area contributed by atoms with E-state index in [0.29, 0.717) is 16.7 Å². The SMILES string of the molecule is CC.CC.O=C(C1=CCCC=C1)c1ccc(C(=O)c2ccccc2)cc1. The fraction of sp³-hybridized carbons (Fsp3) is 0.250. The first kappa shape index (κ1) is 21.3. The Morgan fingerprint density at radius 3 is 1.65 bits per heavy atom. The fourth-order valence-corrected chi connectivity index (χ4v) is 2.48. The van der Waals surface area contributed by atoms with Crippen LogP contribution in [-0.2, 0) is 0 Å². The maximum atomic E-state index is 12.3. The van der Waals surface area contributed by atoms with Crippen LogP contribution < -0.4 is 0 Å². The summed E-state index contributed by atoms with van der Waals surface area (Å²) in [5, 5.41) is 0. The van der Waals surface area contributed by atoms with E-state index in [4.69, 9.17) is 0 Å². The maximum Gasteiger partial charge on any atom is 0.193 e. The molecule has 0 atom stereocenters. The predicted molar refractivity (Wildman–Crippen MR) is 110 cm³/mol. The molecule has 1 aliphatic carbocycles. The van der Waals surface area contributed by atoms with E-state index in [1.807, 2.05) is 64.1 Å². The molecule has 2 aromatic rings. The molecule has 26 heavy (non-hydrogen) atoms. The zero-order valence-electron chi connectivity index (χ0n) is 16.2. The summed E-state index contributed by atoms with van der Waals surface area (Å²) in [6.07, 6.45) is 7.74. The lowest BCUT2D eigenvalue weighted by Crippen LogP contribution is -2.05. The van der Waals surface area contributed by atoms with Crippen LogP contribution in [0.1, 0.15) is 66.8 Å². The summed E-state index contributed by atoms with van der Waals surface area (Å²) in [5.74, 6) is -0.0222. The molecule has 0 N–H and O–H groups in total. The van der Waals surface area contributed by atoms with Gasteiger partial charge in [0.1, 0.15) is 0 Å². The highest BCUT2D eigenvalue weighted by Gasteiger charge is 2.13. The third-order valence-electron chi connectivity index (χ3n) is 3.70. The first-order valence-electron chi connectivity index (χ1n) is 9.37. The van der Waals surface area contributed by atoms with Gasteiger partial charge in [-0.25, -0.2) is 0 Å². The standard InChI is InChI=1S/C20H16O2.2C2H6/c21-19(15-7-3-1-4-8-15)17-11-13-18(14-12-17)20(22)16-9-5-2-6-10-16;2*1-2/h1,3-5,7-14H,2,6H2;2*1-2H3. The molecular formula is C24H28O2. The Labute approximate surface area is 157 Å². The normalized spacial score (nSPS) is 11.9. The molecular weight excluding hydrogens is 320 g/mol. The van der Waals surface area contributed by atoms with E-state index in [9.17, 15) is 9.59 Å². The average molecular weight is 348 g/mol. The third-order valence-corrected chi connectivity index (χ3v) is 3.70. The molecule has 1 aliphatic rings. The lowest BCUT2D eigenvalue weighted by Gasteiger charge is -2.07. The molecule has 3 rings (SSSR count). The Morgan fingerprint density at radius 2 is 1.15 bits per heavy atom. The quantitative estimate of drug-likeness (QED) is 0.597. The number of benzene rings is 2. The molecule has 0 unspecified atom stereocenters. The number of carbonyl (C=O) groups is 2. The van der Waals surface area contributed by atoms with E-state index in [2.05, 4.69) is 0 Å². The van der Waals surface area contributed by atoms with E-state index in [1.165, 1.54) is 0 Å². The van der Waals surface area contributed by atoms with Gasteiger partial charge in [0.25, 0.3) is 0 Å². The minimum atomic E-state index is -0.0311. The van der Waals surface area contributed by atoms with Gasteiger partial charge in [0.05, 0.1) is 0 Å². The van der Waals surface area contributed by atoms with Gasteiger partial charge in [0.2, 0.25) is 0 Å². The van der Waals surface area contributed by atoms with Gasteiger partial charge in [0.15, 0.2) is 11.6 Å². The molecule has 0 radical (unpaired) electrons. The van der Waals surface area contributed by atoms with Crippen LogP contribution in [-0.4, -0.2) is 11.6 Å². The Kier molecular flexibility index (Phi) is 9.63. The number of Topliss-reactive ketones (excluding diaryl/α,β-unsaturated/α-hetero) is 1. The van der Waals surface area contributed by atoms with Gasteiger partial charge in [-0.3, -0.25) is 9.59 Å². The molecule has 136 valence electrons. The van der Waals surface area contributed by atoms with E-state index < -0.39 is 0 Å². The van der Waals surface area contributed by atoms with Gasteiger partial charge in [-0.05, 0) is 12.8 Å². The molecule has 0 fully saturated rings. The third kappa shape index (κ3) is 5.66. The molecule has 2 heteroatoms. The van der Waals surface area contributed by atoms with E-state index >= 15 is 0 Å². The second kappa shape index (κ2) is 11.8. The van der Waals surface area contributed by atoms with Crippen LogP contribution in [0.5, 0.6) is 0 Å². The lowest BCUT2D eigenvalue weighted by molar-refractivity contribution is 0.102. The highest BCUT2D eigenvalue weighted by molar-refractivity contribution is 6.12.